The Morgan fingerprint density at radius 3 is 2.89 bits per heavy atom. The van der Waals surface area contributed by atoms with Crippen LogP contribution in [-0.4, -0.2) is 35.4 Å². The third-order valence-electron chi connectivity index (χ3n) is 3.83. The van der Waals surface area contributed by atoms with Gasteiger partial charge in [0, 0.05) is 24.1 Å². The first-order valence-corrected chi connectivity index (χ1v) is 8.27. The van der Waals surface area contributed by atoms with Crippen LogP contribution >= 0.6 is 0 Å². The summed E-state index contributed by atoms with van der Waals surface area (Å²) in [6, 6.07) is 4.41. The Labute approximate surface area is 157 Å². The molecule has 150 valence electrons. The topological polar surface area (TPSA) is 85.4 Å². The van der Waals surface area contributed by atoms with Gasteiger partial charge in [-0.25, -0.2) is 19.2 Å². The van der Waals surface area contributed by atoms with Gasteiger partial charge in [0.1, 0.15) is 17.9 Å². The van der Waals surface area contributed by atoms with Gasteiger partial charge in [0.25, 0.3) is 0 Å². The number of fused-ring (bicyclic) bond motifs is 1. The maximum atomic E-state index is 13.3. The molecule has 7 nitrogen and oxygen atoms in total. The van der Waals surface area contributed by atoms with Crippen molar-refractivity contribution in [1.29, 1.82) is 0 Å². The molecule has 0 saturated heterocycles. The van der Waals surface area contributed by atoms with E-state index in [2.05, 4.69) is 25.3 Å². The summed E-state index contributed by atoms with van der Waals surface area (Å²) in [6.45, 7) is -1.19. The van der Waals surface area contributed by atoms with Gasteiger partial charge < -0.3 is 20.1 Å². The fraction of sp³-hybridized carbons (Fsp3) is 0.353. The first kappa shape index (κ1) is 19.6. The van der Waals surface area contributed by atoms with E-state index >= 15 is 0 Å². The minimum absolute atomic E-state index is 0.0454. The highest BCUT2D eigenvalue weighted by atomic mass is 19.4. The lowest BCUT2D eigenvalue weighted by Crippen LogP contribution is -2.39. The second kappa shape index (κ2) is 8.28. The lowest BCUT2D eigenvalue weighted by Gasteiger charge is -2.26. The standard InChI is InChI=1S/C17H16F4N4O3/c18-10-1-2-12-13(3-4-27-14(12)5-10)25-16(26)22-7-11-6-15(24-9-23-11)28-8-17(19,20)21/h1-2,5-6,9,13H,3-4,7-8H2,(H2,22,25,26). The maximum absolute atomic E-state index is 13.3. The lowest BCUT2D eigenvalue weighted by atomic mass is 10.0. The molecule has 1 unspecified atom stereocenters. The van der Waals surface area contributed by atoms with Crippen molar-refractivity contribution < 1.29 is 31.8 Å². The van der Waals surface area contributed by atoms with E-state index in [0.717, 1.165) is 6.33 Å². The van der Waals surface area contributed by atoms with Gasteiger partial charge in [-0.3, -0.25) is 0 Å². The van der Waals surface area contributed by atoms with Crippen LogP contribution in [-0.2, 0) is 6.54 Å². The van der Waals surface area contributed by atoms with Crippen LogP contribution in [0.25, 0.3) is 0 Å². The van der Waals surface area contributed by atoms with E-state index in [1.807, 2.05) is 0 Å². The second-order valence-corrected chi connectivity index (χ2v) is 5.95. The van der Waals surface area contributed by atoms with E-state index in [1.54, 1.807) is 6.07 Å². The molecule has 2 heterocycles. The number of carbonyl (C=O) groups is 1. The van der Waals surface area contributed by atoms with Crippen LogP contribution in [0.3, 0.4) is 0 Å². The van der Waals surface area contributed by atoms with Crippen LogP contribution in [0.4, 0.5) is 22.4 Å². The highest BCUT2D eigenvalue weighted by Crippen LogP contribution is 2.32. The third kappa shape index (κ3) is 5.44. The molecule has 0 bridgehead atoms. The van der Waals surface area contributed by atoms with E-state index in [-0.39, 0.29) is 24.2 Å². The fourth-order valence-corrected chi connectivity index (χ4v) is 2.60. The molecule has 2 amide bonds. The van der Waals surface area contributed by atoms with E-state index in [0.29, 0.717) is 24.3 Å². The number of ether oxygens (including phenoxy) is 2. The van der Waals surface area contributed by atoms with Gasteiger partial charge in [-0.1, -0.05) is 6.07 Å². The highest BCUT2D eigenvalue weighted by molar-refractivity contribution is 5.74. The number of carbonyl (C=O) groups excluding carboxylic acids is 1. The van der Waals surface area contributed by atoms with Gasteiger partial charge in [-0.2, -0.15) is 13.2 Å². The third-order valence-corrected chi connectivity index (χ3v) is 3.83. The molecule has 28 heavy (non-hydrogen) atoms. The number of hydrogen-bond acceptors (Lipinski definition) is 5. The summed E-state index contributed by atoms with van der Waals surface area (Å²) in [7, 11) is 0. The number of nitrogens with one attached hydrogen (secondary N) is 2. The largest absolute Gasteiger partial charge is 0.493 e. The Hall–Kier alpha value is -3.11. The molecule has 1 aromatic carbocycles. The SMILES string of the molecule is O=C(NCc1cc(OCC(F)(F)F)ncn1)NC1CCOc2cc(F)ccc21. The number of halogens is 4. The average Bonchev–Trinajstić information content (AvgIpc) is 2.64. The van der Waals surface area contributed by atoms with Crippen molar-refractivity contribution in [3.8, 4) is 11.6 Å². The summed E-state index contributed by atoms with van der Waals surface area (Å²) >= 11 is 0. The van der Waals surface area contributed by atoms with Gasteiger partial charge in [0.15, 0.2) is 6.61 Å². The van der Waals surface area contributed by atoms with Crippen LogP contribution in [0.2, 0.25) is 0 Å². The van der Waals surface area contributed by atoms with Gasteiger partial charge in [-0.15, -0.1) is 0 Å². The summed E-state index contributed by atoms with van der Waals surface area (Å²) in [5.41, 5.74) is 0.935. The smallest absolute Gasteiger partial charge is 0.422 e. The summed E-state index contributed by atoms with van der Waals surface area (Å²) in [5, 5.41) is 5.30. The van der Waals surface area contributed by atoms with Crippen LogP contribution in [0.15, 0.2) is 30.6 Å². The van der Waals surface area contributed by atoms with Crippen LogP contribution < -0.4 is 20.1 Å². The molecular formula is C17H16F4N4O3. The van der Waals surface area contributed by atoms with Crippen molar-refractivity contribution in [2.75, 3.05) is 13.2 Å². The van der Waals surface area contributed by atoms with E-state index in [9.17, 15) is 22.4 Å². The summed E-state index contributed by atoms with van der Waals surface area (Å²) in [6.07, 6.45) is -2.93. The van der Waals surface area contributed by atoms with Gasteiger partial charge in [0.2, 0.25) is 5.88 Å². The number of hydrogen-bond donors (Lipinski definition) is 2. The van der Waals surface area contributed by atoms with Crippen molar-refractivity contribution in [2.24, 2.45) is 0 Å². The quantitative estimate of drug-likeness (QED) is 0.754. The molecule has 2 aromatic rings. The minimum Gasteiger partial charge on any atom is -0.493 e. The molecule has 1 aromatic heterocycles. The lowest BCUT2D eigenvalue weighted by molar-refractivity contribution is -0.154. The van der Waals surface area contributed by atoms with Crippen molar-refractivity contribution in [2.45, 2.75) is 25.2 Å². The Morgan fingerprint density at radius 1 is 1.29 bits per heavy atom. The fourth-order valence-electron chi connectivity index (χ4n) is 2.60. The molecule has 0 fully saturated rings. The number of rotatable bonds is 5. The number of alkyl halides is 3. The number of nitrogens with zero attached hydrogens (tertiary/aromatic N) is 2. The van der Waals surface area contributed by atoms with E-state index in [4.69, 9.17) is 4.74 Å². The van der Waals surface area contributed by atoms with Crippen LogP contribution in [0.1, 0.15) is 23.7 Å². The summed E-state index contributed by atoms with van der Waals surface area (Å²) < 4.78 is 59.8. The monoisotopic (exact) mass is 400 g/mol. The average molecular weight is 400 g/mol. The molecule has 11 heteroatoms. The molecule has 2 N–H and O–H groups in total. The predicted octanol–water partition coefficient (Wildman–Crippen LogP) is 2.88. The Kier molecular flexibility index (Phi) is 5.81. The first-order valence-electron chi connectivity index (χ1n) is 8.27. The highest BCUT2D eigenvalue weighted by Gasteiger charge is 2.28. The normalized spacial score (nSPS) is 15.9. The van der Waals surface area contributed by atoms with Crippen molar-refractivity contribution >= 4 is 6.03 Å². The zero-order valence-corrected chi connectivity index (χ0v) is 14.4. The van der Waals surface area contributed by atoms with E-state index in [1.165, 1.54) is 18.2 Å². The Morgan fingerprint density at radius 2 is 2.11 bits per heavy atom. The first-order chi connectivity index (χ1) is 13.3. The Bertz CT molecular complexity index is 847. The molecule has 1 aliphatic rings. The minimum atomic E-state index is -4.48. The molecule has 1 atom stereocenters. The van der Waals surface area contributed by atoms with Crippen molar-refractivity contribution in [3.63, 3.8) is 0 Å². The molecule has 0 radical (unpaired) electrons. The Balaban J connectivity index is 1.54. The number of urea groups is 1. The second-order valence-electron chi connectivity index (χ2n) is 5.95. The van der Waals surface area contributed by atoms with E-state index < -0.39 is 24.6 Å². The number of benzene rings is 1. The molecule has 1 aliphatic heterocycles. The molecular weight excluding hydrogens is 384 g/mol. The molecule has 0 aliphatic carbocycles. The zero-order chi connectivity index (χ0) is 20.1. The summed E-state index contributed by atoms with van der Waals surface area (Å²) in [5.74, 6) is -0.306. The molecule has 0 saturated carbocycles. The molecule has 0 spiro atoms. The zero-order valence-electron chi connectivity index (χ0n) is 14.4. The van der Waals surface area contributed by atoms with Gasteiger partial charge in [-0.05, 0) is 6.07 Å². The predicted molar refractivity (Wildman–Crippen MR) is 88.2 cm³/mol. The van der Waals surface area contributed by atoms with Crippen molar-refractivity contribution in [3.05, 3.63) is 47.7 Å². The van der Waals surface area contributed by atoms with Gasteiger partial charge in [0.05, 0.1) is 24.9 Å². The van der Waals surface area contributed by atoms with Gasteiger partial charge >= 0.3 is 12.2 Å². The van der Waals surface area contributed by atoms with Crippen LogP contribution in [0.5, 0.6) is 11.6 Å². The van der Waals surface area contributed by atoms with Crippen LogP contribution in [0, 0.1) is 5.82 Å². The molecule has 3 rings (SSSR count). The maximum Gasteiger partial charge on any atom is 0.422 e. The summed E-state index contributed by atoms with van der Waals surface area (Å²) in [4.78, 5) is 19.6. The number of amides is 2. The number of aromatic nitrogens is 2. The van der Waals surface area contributed by atoms with Crippen molar-refractivity contribution in [1.82, 2.24) is 20.6 Å².